The third kappa shape index (κ3) is 5.50. The number of ether oxygens (including phenoxy) is 2. The maximum absolute atomic E-state index is 12.6. The normalized spacial score (nSPS) is 12.4. The first-order valence-corrected chi connectivity index (χ1v) is 9.96. The molecule has 0 bridgehead atoms. The predicted octanol–water partition coefficient (Wildman–Crippen LogP) is 6.22. The van der Waals surface area contributed by atoms with E-state index in [2.05, 4.69) is 18.2 Å². The summed E-state index contributed by atoms with van der Waals surface area (Å²) in [4.78, 5) is 14.3. The van der Waals surface area contributed by atoms with Gasteiger partial charge in [0.15, 0.2) is 0 Å². The van der Waals surface area contributed by atoms with Crippen molar-refractivity contribution in [3.05, 3.63) is 78.4 Å². The second-order valence-corrected chi connectivity index (χ2v) is 8.13. The molecule has 1 atom stereocenters. The highest BCUT2D eigenvalue weighted by molar-refractivity contribution is 5.88. The number of amides is 1. The monoisotopic (exact) mass is 391 g/mol. The van der Waals surface area contributed by atoms with E-state index in [9.17, 15) is 4.79 Å². The van der Waals surface area contributed by atoms with Crippen LogP contribution in [0.25, 0.3) is 10.8 Å². The second kappa shape index (κ2) is 8.99. The molecule has 3 aromatic rings. The smallest absolute Gasteiger partial charge is 0.410 e. The lowest BCUT2D eigenvalue weighted by Gasteiger charge is -2.31. The van der Waals surface area contributed by atoms with Crippen LogP contribution in [0, 0.1) is 0 Å². The fourth-order valence-corrected chi connectivity index (χ4v) is 3.32. The average Bonchev–Trinajstić information content (AvgIpc) is 2.70. The topological polar surface area (TPSA) is 38.8 Å². The third-order valence-electron chi connectivity index (χ3n) is 4.73. The van der Waals surface area contributed by atoms with Crippen LogP contribution in [0.15, 0.2) is 72.8 Å². The van der Waals surface area contributed by atoms with Crippen LogP contribution in [-0.4, -0.2) is 30.2 Å². The summed E-state index contributed by atoms with van der Waals surface area (Å²) in [5.74, 6) is 0.856. The minimum absolute atomic E-state index is 0.138. The Bertz CT molecular complexity index is 942. The molecule has 0 saturated heterocycles. The highest BCUT2D eigenvalue weighted by Gasteiger charge is 2.26. The van der Waals surface area contributed by atoms with Crippen LogP contribution in [0.3, 0.4) is 0 Å². The Balaban J connectivity index is 1.74. The van der Waals surface area contributed by atoms with Gasteiger partial charge in [0, 0.05) is 18.9 Å². The SMILES string of the molecule is CN(C(=O)OC(C)(C)C)C(CCOc1cccc2ccccc12)c1ccccc1. The van der Waals surface area contributed by atoms with E-state index in [-0.39, 0.29) is 12.1 Å². The van der Waals surface area contributed by atoms with Crippen molar-refractivity contribution in [1.29, 1.82) is 0 Å². The van der Waals surface area contributed by atoms with E-state index < -0.39 is 5.60 Å². The van der Waals surface area contributed by atoms with Gasteiger partial charge in [-0.15, -0.1) is 0 Å². The van der Waals surface area contributed by atoms with E-state index in [1.54, 1.807) is 11.9 Å². The highest BCUT2D eigenvalue weighted by atomic mass is 16.6. The first-order valence-electron chi connectivity index (χ1n) is 9.96. The maximum atomic E-state index is 12.6. The molecule has 0 aliphatic heterocycles. The van der Waals surface area contributed by atoms with Gasteiger partial charge in [0.05, 0.1) is 12.6 Å². The summed E-state index contributed by atoms with van der Waals surface area (Å²) in [5.41, 5.74) is 0.522. The van der Waals surface area contributed by atoms with Crippen molar-refractivity contribution in [1.82, 2.24) is 4.90 Å². The van der Waals surface area contributed by atoms with Gasteiger partial charge in [-0.25, -0.2) is 4.79 Å². The summed E-state index contributed by atoms with van der Waals surface area (Å²) < 4.78 is 11.7. The average molecular weight is 392 g/mol. The lowest BCUT2D eigenvalue weighted by atomic mass is 10.0. The molecule has 0 radical (unpaired) electrons. The molecule has 1 unspecified atom stereocenters. The molecule has 29 heavy (non-hydrogen) atoms. The van der Waals surface area contributed by atoms with E-state index in [0.717, 1.165) is 22.1 Å². The summed E-state index contributed by atoms with van der Waals surface area (Å²) >= 11 is 0. The van der Waals surface area contributed by atoms with Gasteiger partial charge < -0.3 is 14.4 Å². The van der Waals surface area contributed by atoms with Crippen LogP contribution < -0.4 is 4.74 Å². The quantitative estimate of drug-likeness (QED) is 0.501. The molecule has 0 saturated carbocycles. The van der Waals surface area contributed by atoms with Crippen molar-refractivity contribution in [2.24, 2.45) is 0 Å². The van der Waals surface area contributed by atoms with Gasteiger partial charge >= 0.3 is 6.09 Å². The Hall–Kier alpha value is -3.01. The molecule has 0 aromatic heterocycles. The Labute approximate surface area is 173 Å². The minimum Gasteiger partial charge on any atom is -0.493 e. The first-order chi connectivity index (χ1) is 13.8. The Morgan fingerprint density at radius 2 is 1.59 bits per heavy atom. The summed E-state index contributed by atoms with van der Waals surface area (Å²) in [5, 5.41) is 2.24. The van der Waals surface area contributed by atoms with Crippen molar-refractivity contribution in [3.63, 3.8) is 0 Å². The zero-order valence-electron chi connectivity index (χ0n) is 17.6. The highest BCUT2D eigenvalue weighted by Crippen LogP contribution is 2.28. The van der Waals surface area contributed by atoms with Gasteiger partial charge in [-0.1, -0.05) is 66.7 Å². The molecule has 0 fully saturated rings. The fraction of sp³-hybridized carbons (Fsp3) is 0.320. The molecule has 3 aromatic carbocycles. The maximum Gasteiger partial charge on any atom is 0.410 e. The van der Waals surface area contributed by atoms with E-state index in [1.165, 1.54) is 0 Å². The Morgan fingerprint density at radius 1 is 0.931 bits per heavy atom. The summed E-state index contributed by atoms with van der Waals surface area (Å²) in [6.45, 7) is 6.11. The second-order valence-electron chi connectivity index (χ2n) is 8.13. The zero-order valence-corrected chi connectivity index (χ0v) is 17.6. The summed E-state index contributed by atoms with van der Waals surface area (Å²) in [7, 11) is 1.78. The largest absolute Gasteiger partial charge is 0.493 e. The molecule has 4 nitrogen and oxygen atoms in total. The van der Waals surface area contributed by atoms with E-state index in [4.69, 9.17) is 9.47 Å². The molecule has 1 amide bonds. The van der Waals surface area contributed by atoms with Gasteiger partial charge in [0.25, 0.3) is 0 Å². The van der Waals surface area contributed by atoms with Gasteiger partial charge in [-0.05, 0) is 37.8 Å². The fourth-order valence-electron chi connectivity index (χ4n) is 3.32. The van der Waals surface area contributed by atoms with Crippen LogP contribution >= 0.6 is 0 Å². The molecular weight excluding hydrogens is 362 g/mol. The number of hydrogen-bond acceptors (Lipinski definition) is 3. The number of benzene rings is 3. The van der Waals surface area contributed by atoms with Crippen LogP contribution in [0.5, 0.6) is 5.75 Å². The van der Waals surface area contributed by atoms with Crippen LogP contribution in [0.4, 0.5) is 4.79 Å². The van der Waals surface area contributed by atoms with Gasteiger partial charge in [0.1, 0.15) is 11.4 Å². The number of carbonyl (C=O) groups excluding carboxylic acids is 1. The first kappa shape index (κ1) is 20.7. The molecular formula is C25H29NO3. The molecule has 0 aliphatic carbocycles. The zero-order chi connectivity index (χ0) is 20.9. The Morgan fingerprint density at radius 3 is 2.31 bits per heavy atom. The molecule has 0 spiro atoms. The van der Waals surface area contributed by atoms with Crippen molar-refractivity contribution in [3.8, 4) is 5.75 Å². The van der Waals surface area contributed by atoms with Gasteiger partial charge in [-0.3, -0.25) is 0 Å². The summed E-state index contributed by atoms with van der Waals surface area (Å²) in [6.07, 6.45) is 0.319. The van der Waals surface area contributed by atoms with Crippen molar-refractivity contribution < 1.29 is 14.3 Å². The molecule has 0 N–H and O–H groups in total. The van der Waals surface area contributed by atoms with Crippen molar-refractivity contribution in [2.45, 2.75) is 38.8 Å². The number of hydrogen-bond donors (Lipinski definition) is 0. The molecule has 4 heteroatoms. The predicted molar refractivity (Wildman–Crippen MR) is 117 cm³/mol. The minimum atomic E-state index is -0.536. The van der Waals surface area contributed by atoms with E-state index in [1.807, 2.05) is 75.4 Å². The van der Waals surface area contributed by atoms with Gasteiger partial charge in [0.2, 0.25) is 0 Å². The molecule has 152 valence electrons. The lowest BCUT2D eigenvalue weighted by molar-refractivity contribution is 0.0201. The number of nitrogens with zero attached hydrogens (tertiary/aromatic N) is 1. The molecule has 3 rings (SSSR count). The van der Waals surface area contributed by atoms with E-state index >= 15 is 0 Å². The standard InChI is InChI=1S/C25H29NO3/c1-25(2,3)29-24(27)26(4)22(20-12-6-5-7-13-20)17-18-28-23-16-10-14-19-11-8-9-15-21(19)23/h5-16,22H,17-18H2,1-4H3. The number of carbonyl (C=O) groups is 1. The summed E-state index contributed by atoms with van der Waals surface area (Å²) in [6, 6.07) is 24.1. The van der Waals surface area contributed by atoms with Crippen LogP contribution in [0.2, 0.25) is 0 Å². The van der Waals surface area contributed by atoms with Crippen LogP contribution in [-0.2, 0) is 4.74 Å². The Kier molecular flexibility index (Phi) is 6.42. The molecule has 0 heterocycles. The third-order valence-corrected chi connectivity index (χ3v) is 4.73. The lowest BCUT2D eigenvalue weighted by Crippen LogP contribution is -2.37. The number of rotatable bonds is 6. The van der Waals surface area contributed by atoms with E-state index in [0.29, 0.717) is 13.0 Å². The van der Waals surface area contributed by atoms with Crippen molar-refractivity contribution >= 4 is 16.9 Å². The van der Waals surface area contributed by atoms with Gasteiger partial charge in [-0.2, -0.15) is 0 Å². The molecule has 0 aliphatic rings. The number of fused-ring (bicyclic) bond motifs is 1. The van der Waals surface area contributed by atoms with Crippen LogP contribution in [0.1, 0.15) is 38.8 Å². The van der Waals surface area contributed by atoms with Crippen molar-refractivity contribution in [2.75, 3.05) is 13.7 Å².